The van der Waals surface area contributed by atoms with Crippen LogP contribution in [-0.2, 0) is 6.42 Å². The molecule has 1 unspecified atom stereocenters. The van der Waals surface area contributed by atoms with Crippen LogP contribution in [0.1, 0.15) is 44.6 Å². The fraction of sp³-hybridized carbons (Fsp3) is 0.733. The highest BCUT2D eigenvalue weighted by molar-refractivity contribution is 5.17. The highest BCUT2D eigenvalue weighted by Crippen LogP contribution is 2.34. The molecule has 2 rings (SSSR count). The molecular weight excluding hydrogens is 238 g/mol. The van der Waals surface area contributed by atoms with Crippen LogP contribution in [-0.4, -0.2) is 29.2 Å². The molecule has 0 spiro atoms. The normalized spacial score (nSPS) is 16.4. The first kappa shape index (κ1) is 14.3. The van der Waals surface area contributed by atoms with Gasteiger partial charge in [-0.3, -0.25) is 0 Å². The Morgan fingerprint density at radius 2 is 2.16 bits per heavy atom. The molecule has 0 saturated heterocycles. The van der Waals surface area contributed by atoms with E-state index in [-0.39, 0.29) is 0 Å². The van der Waals surface area contributed by atoms with E-state index in [2.05, 4.69) is 22.2 Å². The van der Waals surface area contributed by atoms with Crippen LogP contribution in [0.4, 0.5) is 0 Å². The topological polar surface area (TPSA) is 47.0 Å². The zero-order valence-corrected chi connectivity index (χ0v) is 12.3. The molecule has 0 bridgehead atoms. The van der Waals surface area contributed by atoms with Gasteiger partial charge in [-0.25, -0.2) is 4.98 Å². The van der Waals surface area contributed by atoms with E-state index in [9.17, 15) is 0 Å². The van der Waals surface area contributed by atoms with E-state index in [0.29, 0.717) is 18.5 Å². The van der Waals surface area contributed by atoms with Gasteiger partial charge >= 0.3 is 0 Å². The number of rotatable bonds is 8. The average molecular weight is 263 g/mol. The van der Waals surface area contributed by atoms with Gasteiger partial charge in [0.25, 0.3) is 0 Å². The fourth-order valence-corrected chi connectivity index (χ4v) is 2.38. The van der Waals surface area contributed by atoms with Crippen LogP contribution in [0.2, 0.25) is 0 Å². The molecule has 19 heavy (non-hydrogen) atoms. The van der Waals surface area contributed by atoms with Crippen molar-refractivity contribution in [2.24, 2.45) is 5.92 Å². The van der Waals surface area contributed by atoms with Gasteiger partial charge in [0.1, 0.15) is 5.82 Å². The molecule has 1 N–H and O–H groups in total. The highest BCUT2D eigenvalue weighted by Gasteiger charge is 2.31. The third kappa shape index (κ3) is 4.46. The summed E-state index contributed by atoms with van der Waals surface area (Å²) in [5.74, 6) is 2.33. The van der Waals surface area contributed by atoms with Gasteiger partial charge in [0.05, 0.1) is 6.61 Å². The molecule has 0 aliphatic heterocycles. The number of ether oxygens (including phenoxy) is 1. The van der Waals surface area contributed by atoms with E-state index in [1.807, 2.05) is 19.9 Å². The number of nitrogens with one attached hydrogen (secondary N) is 1. The minimum Gasteiger partial charge on any atom is -0.478 e. The van der Waals surface area contributed by atoms with Crippen LogP contribution >= 0.6 is 0 Å². The Balaban J connectivity index is 2.02. The number of aromatic nitrogens is 2. The van der Waals surface area contributed by atoms with E-state index in [1.165, 1.54) is 19.3 Å². The Bertz CT molecular complexity index is 404. The lowest BCUT2D eigenvalue weighted by molar-refractivity contribution is 0.324. The molecule has 1 aliphatic rings. The van der Waals surface area contributed by atoms with Crippen molar-refractivity contribution in [1.29, 1.82) is 0 Å². The summed E-state index contributed by atoms with van der Waals surface area (Å²) in [6.07, 6.45) is 4.86. The summed E-state index contributed by atoms with van der Waals surface area (Å²) in [6.45, 7) is 7.85. The molecule has 1 fully saturated rings. The van der Waals surface area contributed by atoms with Gasteiger partial charge < -0.3 is 10.1 Å². The number of aryl methyl sites for hydroxylation is 1. The van der Waals surface area contributed by atoms with Crippen LogP contribution in [0.3, 0.4) is 0 Å². The van der Waals surface area contributed by atoms with Crippen molar-refractivity contribution in [3.05, 3.63) is 17.6 Å². The van der Waals surface area contributed by atoms with Gasteiger partial charge in [0.15, 0.2) is 0 Å². The zero-order chi connectivity index (χ0) is 13.7. The summed E-state index contributed by atoms with van der Waals surface area (Å²) in [4.78, 5) is 8.84. The standard InChI is InChI=1S/C15H25N3O/c1-4-8-16-14(12-6-7-12)9-13-10-15(19-5-2)18-11(3)17-13/h10,12,14,16H,4-9H2,1-3H3. The molecule has 1 saturated carbocycles. The van der Waals surface area contributed by atoms with Crippen LogP contribution in [0.25, 0.3) is 0 Å². The molecule has 0 amide bonds. The smallest absolute Gasteiger partial charge is 0.216 e. The minimum absolute atomic E-state index is 0.559. The Hall–Kier alpha value is -1.16. The predicted molar refractivity (Wildman–Crippen MR) is 76.4 cm³/mol. The monoisotopic (exact) mass is 263 g/mol. The molecule has 1 heterocycles. The second kappa shape index (κ2) is 6.85. The van der Waals surface area contributed by atoms with Crippen molar-refractivity contribution in [3.8, 4) is 5.88 Å². The van der Waals surface area contributed by atoms with Gasteiger partial charge in [-0.2, -0.15) is 4.98 Å². The van der Waals surface area contributed by atoms with Gasteiger partial charge in [-0.15, -0.1) is 0 Å². The summed E-state index contributed by atoms with van der Waals surface area (Å²) < 4.78 is 5.49. The Morgan fingerprint density at radius 1 is 1.37 bits per heavy atom. The summed E-state index contributed by atoms with van der Waals surface area (Å²) in [6, 6.07) is 2.54. The molecule has 1 aliphatic carbocycles. The minimum atomic E-state index is 0.559. The predicted octanol–water partition coefficient (Wildman–Crippen LogP) is 2.50. The molecule has 0 radical (unpaired) electrons. The first-order chi connectivity index (χ1) is 9.22. The van der Waals surface area contributed by atoms with Crippen molar-refractivity contribution in [3.63, 3.8) is 0 Å². The molecule has 4 nitrogen and oxygen atoms in total. The van der Waals surface area contributed by atoms with Crippen molar-refractivity contribution in [1.82, 2.24) is 15.3 Å². The van der Waals surface area contributed by atoms with Gasteiger partial charge in [-0.05, 0) is 45.6 Å². The molecule has 1 aromatic heterocycles. The SMILES string of the molecule is CCCNC(Cc1cc(OCC)nc(C)n1)C1CC1. The van der Waals surface area contributed by atoms with E-state index < -0.39 is 0 Å². The lowest BCUT2D eigenvalue weighted by atomic mass is 10.1. The number of nitrogens with zero attached hydrogens (tertiary/aromatic N) is 2. The summed E-state index contributed by atoms with van der Waals surface area (Å²) in [5, 5.41) is 3.65. The van der Waals surface area contributed by atoms with Gasteiger partial charge in [0.2, 0.25) is 5.88 Å². The fourth-order valence-electron chi connectivity index (χ4n) is 2.38. The maximum Gasteiger partial charge on any atom is 0.216 e. The zero-order valence-electron chi connectivity index (χ0n) is 12.3. The second-order valence-corrected chi connectivity index (χ2v) is 5.28. The van der Waals surface area contributed by atoms with E-state index in [1.54, 1.807) is 0 Å². The van der Waals surface area contributed by atoms with Crippen molar-refractivity contribution in [2.75, 3.05) is 13.2 Å². The maximum absolute atomic E-state index is 5.49. The van der Waals surface area contributed by atoms with Crippen LogP contribution < -0.4 is 10.1 Å². The van der Waals surface area contributed by atoms with Crippen LogP contribution in [0.15, 0.2) is 6.07 Å². The lowest BCUT2D eigenvalue weighted by Gasteiger charge is -2.18. The molecule has 1 atom stereocenters. The van der Waals surface area contributed by atoms with Crippen molar-refractivity contribution in [2.45, 2.75) is 52.5 Å². The lowest BCUT2D eigenvalue weighted by Crippen LogP contribution is -2.34. The average Bonchev–Trinajstić information content (AvgIpc) is 3.18. The number of hydrogen-bond donors (Lipinski definition) is 1. The second-order valence-electron chi connectivity index (χ2n) is 5.28. The first-order valence-corrected chi connectivity index (χ1v) is 7.43. The Kier molecular flexibility index (Phi) is 5.14. The molecule has 106 valence electrons. The molecule has 1 aromatic rings. The first-order valence-electron chi connectivity index (χ1n) is 7.43. The summed E-state index contributed by atoms with van der Waals surface area (Å²) in [5.41, 5.74) is 1.09. The third-order valence-electron chi connectivity index (χ3n) is 3.44. The Labute approximate surface area is 116 Å². The molecule has 4 heteroatoms. The van der Waals surface area contributed by atoms with Crippen molar-refractivity contribution >= 4 is 0 Å². The highest BCUT2D eigenvalue weighted by atomic mass is 16.5. The third-order valence-corrected chi connectivity index (χ3v) is 3.44. The van der Waals surface area contributed by atoms with Crippen LogP contribution in [0.5, 0.6) is 5.88 Å². The van der Waals surface area contributed by atoms with Crippen molar-refractivity contribution < 1.29 is 4.74 Å². The van der Waals surface area contributed by atoms with E-state index in [0.717, 1.165) is 30.4 Å². The van der Waals surface area contributed by atoms with E-state index >= 15 is 0 Å². The van der Waals surface area contributed by atoms with E-state index in [4.69, 9.17) is 4.74 Å². The van der Waals surface area contributed by atoms with Crippen LogP contribution in [0, 0.1) is 12.8 Å². The summed E-state index contributed by atoms with van der Waals surface area (Å²) >= 11 is 0. The number of hydrogen-bond acceptors (Lipinski definition) is 4. The molecule has 0 aromatic carbocycles. The van der Waals surface area contributed by atoms with Gasteiger partial charge in [-0.1, -0.05) is 6.92 Å². The quantitative estimate of drug-likeness (QED) is 0.783. The molecular formula is C15H25N3O. The Morgan fingerprint density at radius 3 is 2.79 bits per heavy atom. The van der Waals surface area contributed by atoms with Gasteiger partial charge in [0, 0.05) is 24.2 Å². The summed E-state index contributed by atoms with van der Waals surface area (Å²) in [7, 11) is 0. The maximum atomic E-state index is 5.49. The largest absolute Gasteiger partial charge is 0.478 e.